The van der Waals surface area contributed by atoms with Crippen molar-refractivity contribution in [3.05, 3.63) is 0 Å². The molecule has 0 rings (SSSR count). The third kappa shape index (κ3) is 14.6. The Kier molecular flexibility index (Phi) is 12.5. The topological polar surface area (TPSA) is 26.3 Å². The number of carbonyl (C=O) groups is 1. The van der Waals surface area contributed by atoms with E-state index in [1.54, 1.807) is 0 Å². The second-order valence-electron chi connectivity index (χ2n) is 6.97. The van der Waals surface area contributed by atoms with E-state index in [1.807, 2.05) is 20.8 Å². The molecule has 0 radical (unpaired) electrons. The lowest BCUT2D eigenvalue weighted by Gasteiger charge is -2.21. The molecule has 0 aromatic rings. The SMILES string of the molecule is CCCCCCCCCCCCC(Br)C(=O)OC(C)(C)C. The fourth-order valence-corrected chi connectivity index (χ4v) is 2.71. The van der Waals surface area contributed by atoms with Gasteiger partial charge in [0.2, 0.25) is 0 Å². The largest absolute Gasteiger partial charge is 0.459 e. The summed E-state index contributed by atoms with van der Waals surface area (Å²) < 4.78 is 5.36. The first-order chi connectivity index (χ1) is 9.87. The van der Waals surface area contributed by atoms with E-state index in [-0.39, 0.29) is 16.4 Å². The first-order valence-corrected chi connectivity index (χ1v) is 9.65. The molecule has 1 atom stereocenters. The summed E-state index contributed by atoms with van der Waals surface area (Å²) >= 11 is 3.44. The smallest absolute Gasteiger partial charge is 0.320 e. The minimum absolute atomic E-state index is 0.126. The van der Waals surface area contributed by atoms with Crippen molar-refractivity contribution in [2.45, 2.75) is 109 Å². The van der Waals surface area contributed by atoms with Gasteiger partial charge in [0.25, 0.3) is 0 Å². The van der Waals surface area contributed by atoms with Crippen LogP contribution >= 0.6 is 15.9 Å². The van der Waals surface area contributed by atoms with Crippen LogP contribution in [0.5, 0.6) is 0 Å². The van der Waals surface area contributed by atoms with Crippen LogP contribution in [0.3, 0.4) is 0 Å². The van der Waals surface area contributed by atoms with Crippen molar-refractivity contribution >= 4 is 21.9 Å². The van der Waals surface area contributed by atoms with Crippen LogP contribution in [0, 0.1) is 0 Å². The predicted octanol–water partition coefficient (Wildman–Crippen LogP) is 6.40. The minimum Gasteiger partial charge on any atom is -0.459 e. The Labute approximate surface area is 140 Å². The summed E-state index contributed by atoms with van der Waals surface area (Å²) in [5.41, 5.74) is -0.388. The van der Waals surface area contributed by atoms with Gasteiger partial charge in [0.15, 0.2) is 0 Å². The Morgan fingerprint density at radius 1 is 0.905 bits per heavy atom. The Morgan fingerprint density at radius 2 is 1.33 bits per heavy atom. The van der Waals surface area contributed by atoms with Crippen LogP contribution in [0.2, 0.25) is 0 Å². The van der Waals surface area contributed by atoms with Crippen molar-refractivity contribution in [3.8, 4) is 0 Å². The number of rotatable bonds is 12. The van der Waals surface area contributed by atoms with Crippen molar-refractivity contribution < 1.29 is 9.53 Å². The van der Waals surface area contributed by atoms with Crippen LogP contribution in [0.1, 0.15) is 98.3 Å². The third-order valence-corrected chi connectivity index (χ3v) is 4.31. The first kappa shape index (κ1) is 20.9. The maximum Gasteiger partial charge on any atom is 0.320 e. The van der Waals surface area contributed by atoms with Gasteiger partial charge >= 0.3 is 5.97 Å². The van der Waals surface area contributed by atoms with Crippen molar-refractivity contribution in [2.75, 3.05) is 0 Å². The lowest BCUT2D eigenvalue weighted by molar-refractivity contribution is -0.154. The van der Waals surface area contributed by atoms with E-state index in [0.29, 0.717) is 0 Å². The van der Waals surface area contributed by atoms with Gasteiger partial charge in [-0.15, -0.1) is 0 Å². The van der Waals surface area contributed by atoms with Crippen molar-refractivity contribution in [3.63, 3.8) is 0 Å². The zero-order valence-corrected chi connectivity index (χ0v) is 16.1. The van der Waals surface area contributed by atoms with Crippen LogP contribution in [0.25, 0.3) is 0 Å². The van der Waals surface area contributed by atoms with E-state index >= 15 is 0 Å². The highest BCUT2D eigenvalue weighted by Gasteiger charge is 2.22. The van der Waals surface area contributed by atoms with Gasteiger partial charge in [0, 0.05) is 0 Å². The van der Waals surface area contributed by atoms with E-state index in [4.69, 9.17) is 4.74 Å². The Hall–Kier alpha value is -0.0500. The molecule has 21 heavy (non-hydrogen) atoms. The van der Waals surface area contributed by atoms with Crippen molar-refractivity contribution in [2.24, 2.45) is 0 Å². The number of unbranched alkanes of at least 4 members (excludes halogenated alkanes) is 9. The van der Waals surface area contributed by atoms with Gasteiger partial charge in [-0.3, -0.25) is 4.79 Å². The number of alkyl halides is 1. The van der Waals surface area contributed by atoms with Crippen molar-refractivity contribution in [1.29, 1.82) is 0 Å². The molecule has 0 aliphatic carbocycles. The van der Waals surface area contributed by atoms with Crippen LogP contribution in [-0.4, -0.2) is 16.4 Å². The standard InChI is InChI=1S/C18H35BrO2/c1-5-6-7-8-9-10-11-12-13-14-15-16(19)17(20)21-18(2,3)4/h16H,5-15H2,1-4H3. The molecule has 1 unspecified atom stereocenters. The molecule has 0 aromatic carbocycles. The van der Waals surface area contributed by atoms with Gasteiger partial charge in [-0.05, 0) is 27.2 Å². The summed E-state index contributed by atoms with van der Waals surface area (Å²) in [4.78, 5) is 11.6. The van der Waals surface area contributed by atoms with Crippen molar-refractivity contribution in [1.82, 2.24) is 0 Å². The molecule has 0 amide bonds. The molecule has 126 valence electrons. The number of hydrogen-bond donors (Lipinski definition) is 0. The number of carbonyl (C=O) groups excluding carboxylic acids is 1. The molecule has 0 saturated carbocycles. The summed E-state index contributed by atoms with van der Waals surface area (Å²) in [6.45, 7) is 7.98. The quantitative estimate of drug-likeness (QED) is 0.228. The van der Waals surface area contributed by atoms with Crippen LogP contribution in [-0.2, 0) is 9.53 Å². The average Bonchev–Trinajstić information content (AvgIpc) is 2.38. The zero-order chi connectivity index (χ0) is 16.1. The molecule has 0 saturated heterocycles. The Bertz CT molecular complexity index is 258. The predicted molar refractivity (Wildman–Crippen MR) is 95.0 cm³/mol. The van der Waals surface area contributed by atoms with Crippen LogP contribution in [0.15, 0.2) is 0 Å². The van der Waals surface area contributed by atoms with Gasteiger partial charge in [-0.25, -0.2) is 0 Å². The van der Waals surface area contributed by atoms with Gasteiger partial charge in [0.1, 0.15) is 10.4 Å². The summed E-state index contributed by atoms with van der Waals surface area (Å²) in [7, 11) is 0. The highest BCUT2D eigenvalue weighted by atomic mass is 79.9. The second-order valence-corrected chi connectivity index (χ2v) is 8.08. The van der Waals surface area contributed by atoms with E-state index < -0.39 is 0 Å². The molecule has 0 aliphatic rings. The maximum absolute atomic E-state index is 11.8. The summed E-state index contributed by atoms with van der Waals surface area (Å²) in [6.07, 6.45) is 14.1. The summed E-state index contributed by atoms with van der Waals surface area (Å²) in [6, 6.07) is 0. The third-order valence-electron chi connectivity index (χ3n) is 3.47. The van der Waals surface area contributed by atoms with E-state index in [9.17, 15) is 4.79 Å². The highest BCUT2D eigenvalue weighted by molar-refractivity contribution is 9.10. The monoisotopic (exact) mass is 362 g/mol. The molecular weight excluding hydrogens is 328 g/mol. The molecule has 2 nitrogen and oxygen atoms in total. The zero-order valence-electron chi connectivity index (χ0n) is 14.5. The first-order valence-electron chi connectivity index (χ1n) is 8.73. The van der Waals surface area contributed by atoms with E-state index in [2.05, 4.69) is 22.9 Å². The average molecular weight is 363 g/mol. The lowest BCUT2D eigenvalue weighted by atomic mass is 10.1. The second kappa shape index (κ2) is 12.5. The van der Waals surface area contributed by atoms with Gasteiger partial charge in [0.05, 0.1) is 0 Å². The molecule has 0 aromatic heterocycles. The normalized spacial score (nSPS) is 13.2. The number of hydrogen-bond acceptors (Lipinski definition) is 2. The summed E-state index contributed by atoms with van der Waals surface area (Å²) in [5.74, 6) is -0.126. The molecule has 0 N–H and O–H groups in total. The number of ether oxygens (including phenoxy) is 1. The van der Waals surface area contributed by atoms with Gasteiger partial charge in [-0.1, -0.05) is 87.1 Å². The molecular formula is C18H35BrO2. The van der Waals surface area contributed by atoms with Crippen LogP contribution in [0.4, 0.5) is 0 Å². The molecule has 3 heteroatoms. The molecule has 0 bridgehead atoms. The number of halogens is 1. The van der Waals surface area contributed by atoms with Gasteiger partial charge < -0.3 is 4.74 Å². The Morgan fingerprint density at radius 3 is 1.76 bits per heavy atom. The van der Waals surface area contributed by atoms with Gasteiger partial charge in [-0.2, -0.15) is 0 Å². The fraction of sp³-hybridized carbons (Fsp3) is 0.944. The molecule has 0 heterocycles. The molecule has 0 spiro atoms. The maximum atomic E-state index is 11.8. The van der Waals surface area contributed by atoms with Crippen LogP contribution < -0.4 is 0 Å². The minimum atomic E-state index is -0.388. The molecule has 0 aliphatic heterocycles. The summed E-state index contributed by atoms with van der Waals surface area (Å²) in [5, 5.41) is 0. The highest BCUT2D eigenvalue weighted by Crippen LogP contribution is 2.18. The molecule has 0 fully saturated rings. The lowest BCUT2D eigenvalue weighted by Crippen LogP contribution is -2.28. The Balaban J connectivity index is 3.40. The van der Waals surface area contributed by atoms with E-state index in [1.165, 1.54) is 57.8 Å². The number of esters is 1. The fourth-order valence-electron chi connectivity index (χ4n) is 2.29. The van der Waals surface area contributed by atoms with E-state index in [0.717, 1.165) is 12.8 Å².